The predicted octanol–water partition coefficient (Wildman–Crippen LogP) is 7.94. The molecule has 3 saturated carbocycles. The Bertz CT molecular complexity index is 716. The molecule has 4 fully saturated rings. The minimum atomic E-state index is -0.435. The molecule has 0 aromatic rings. The van der Waals surface area contributed by atoms with Gasteiger partial charge in [-0.25, -0.2) is 0 Å². The van der Waals surface area contributed by atoms with Gasteiger partial charge in [-0.3, -0.25) is 0 Å². The van der Waals surface area contributed by atoms with Crippen LogP contribution in [0.3, 0.4) is 0 Å². The van der Waals surface area contributed by atoms with Gasteiger partial charge in [0.1, 0.15) is 0 Å². The lowest BCUT2D eigenvalue weighted by Gasteiger charge is -2.60. The molecular weight excluding hydrogens is 392 g/mol. The quantitative estimate of drug-likeness (QED) is 0.416. The van der Waals surface area contributed by atoms with Crippen molar-refractivity contribution in [2.75, 3.05) is 13.2 Å². The van der Waals surface area contributed by atoms with Crippen molar-refractivity contribution in [2.24, 2.45) is 39.4 Å². The lowest BCUT2D eigenvalue weighted by molar-refractivity contribution is -0.115. The highest BCUT2D eigenvalue weighted by Gasteiger charge is 2.61. The second-order valence-electron chi connectivity index (χ2n) is 14.3. The smallest absolute Gasteiger partial charge is 0.0657 e. The lowest BCUT2D eigenvalue weighted by Crippen LogP contribution is -2.55. The Balaban J connectivity index is 0.000000158. The van der Waals surface area contributed by atoms with Gasteiger partial charge >= 0.3 is 0 Å². The minimum Gasteiger partial charge on any atom is -0.390 e. The van der Waals surface area contributed by atoms with E-state index in [0.29, 0.717) is 21.7 Å². The summed E-state index contributed by atoms with van der Waals surface area (Å²) in [6, 6.07) is 0. The molecule has 2 nitrogen and oxygen atoms in total. The molecule has 2 heteroatoms. The summed E-state index contributed by atoms with van der Waals surface area (Å²) >= 11 is 0. The number of hydrogen-bond acceptors (Lipinski definition) is 2. The first kappa shape index (κ1) is 24.8. The Morgan fingerprint density at radius 2 is 1.66 bits per heavy atom. The Hall–Kier alpha value is -0.340. The molecule has 0 radical (unpaired) electrons. The van der Waals surface area contributed by atoms with Crippen LogP contribution in [-0.2, 0) is 4.74 Å². The van der Waals surface area contributed by atoms with Crippen molar-refractivity contribution in [1.29, 1.82) is 0 Å². The number of ether oxygens (including phenoxy) is 1. The highest BCUT2D eigenvalue weighted by molar-refractivity contribution is 5.19. The van der Waals surface area contributed by atoms with Crippen LogP contribution < -0.4 is 0 Å². The third-order valence-corrected chi connectivity index (χ3v) is 11.3. The Labute approximate surface area is 199 Å². The first-order chi connectivity index (χ1) is 14.9. The van der Waals surface area contributed by atoms with Crippen LogP contribution in [0.15, 0.2) is 11.6 Å². The standard InChI is InChI=1S/C17H30O.C13H22O/c1-5-17-10-7-13-15(2,3)8-6-9-16(13,4)14(17)11-18-12-17;1-12(2)7-4-5-10-9-13(3,14)8-6-11(10)12/h13-14H,5-12H2,1-4H3;5,11,14H,4,6-9H2,1-3H3. The summed E-state index contributed by atoms with van der Waals surface area (Å²) in [7, 11) is 0. The van der Waals surface area contributed by atoms with E-state index in [9.17, 15) is 5.11 Å². The lowest BCUT2D eigenvalue weighted by atomic mass is 9.43. The highest BCUT2D eigenvalue weighted by Crippen LogP contribution is 2.66. The summed E-state index contributed by atoms with van der Waals surface area (Å²) in [5.41, 5.74) is 3.18. The van der Waals surface area contributed by atoms with Crippen LogP contribution >= 0.6 is 0 Å². The second kappa shape index (κ2) is 8.40. The van der Waals surface area contributed by atoms with Crippen LogP contribution in [-0.4, -0.2) is 23.9 Å². The van der Waals surface area contributed by atoms with Crippen molar-refractivity contribution in [3.05, 3.63) is 11.6 Å². The van der Waals surface area contributed by atoms with Crippen molar-refractivity contribution < 1.29 is 9.84 Å². The van der Waals surface area contributed by atoms with Crippen LogP contribution in [0.1, 0.15) is 119 Å². The zero-order valence-corrected chi connectivity index (χ0v) is 22.4. The third-order valence-electron chi connectivity index (χ3n) is 11.3. The molecule has 0 amide bonds. The van der Waals surface area contributed by atoms with E-state index in [1.807, 2.05) is 6.92 Å². The van der Waals surface area contributed by atoms with E-state index in [1.54, 1.807) is 0 Å². The monoisotopic (exact) mass is 444 g/mol. The van der Waals surface area contributed by atoms with Gasteiger partial charge in [0, 0.05) is 0 Å². The van der Waals surface area contributed by atoms with E-state index < -0.39 is 5.60 Å². The van der Waals surface area contributed by atoms with E-state index in [-0.39, 0.29) is 0 Å². The first-order valence-corrected chi connectivity index (χ1v) is 13.8. The average Bonchev–Trinajstić information content (AvgIpc) is 3.13. The minimum absolute atomic E-state index is 0.435. The molecule has 6 atom stereocenters. The van der Waals surface area contributed by atoms with Gasteiger partial charge in [0.2, 0.25) is 0 Å². The maximum Gasteiger partial charge on any atom is 0.0657 e. The Morgan fingerprint density at radius 1 is 0.906 bits per heavy atom. The number of fused-ring (bicyclic) bond motifs is 4. The molecule has 5 rings (SSSR count). The van der Waals surface area contributed by atoms with E-state index in [4.69, 9.17) is 4.74 Å². The first-order valence-electron chi connectivity index (χ1n) is 13.8. The van der Waals surface area contributed by atoms with Gasteiger partial charge < -0.3 is 9.84 Å². The molecule has 1 N–H and O–H groups in total. The van der Waals surface area contributed by atoms with Crippen molar-refractivity contribution in [2.45, 2.75) is 125 Å². The molecule has 0 aromatic heterocycles. The van der Waals surface area contributed by atoms with Gasteiger partial charge in [-0.05, 0) is 111 Å². The molecule has 1 aliphatic heterocycles. The number of rotatable bonds is 1. The molecule has 1 heterocycles. The van der Waals surface area contributed by atoms with Gasteiger partial charge in [0.25, 0.3) is 0 Å². The molecule has 4 aliphatic carbocycles. The van der Waals surface area contributed by atoms with E-state index in [0.717, 1.165) is 43.8 Å². The summed E-state index contributed by atoms with van der Waals surface area (Å²) in [6.07, 6.45) is 16.4. The molecule has 0 spiro atoms. The van der Waals surface area contributed by atoms with Crippen molar-refractivity contribution in [1.82, 2.24) is 0 Å². The fraction of sp³-hybridized carbons (Fsp3) is 0.933. The van der Waals surface area contributed by atoms with Crippen LogP contribution in [0.25, 0.3) is 0 Å². The molecule has 1 saturated heterocycles. The summed E-state index contributed by atoms with van der Waals surface area (Å²) in [5.74, 6) is 2.48. The average molecular weight is 445 g/mol. The molecule has 184 valence electrons. The summed E-state index contributed by atoms with van der Waals surface area (Å²) in [4.78, 5) is 0. The van der Waals surface area contributed by atoms with Gasteiger partial charge in [0.15, 0.2) is 0 Å². The van der Waals surface area contributed by atoms with E-state index in [2.05, 4.69) is 47.6 Å². The Morgan fingerprint density at radius 3 is 2.38 bits per heavy atom. The largest absolute Gasteiger partial charge is 0.390 e. The predicted molar refractivity (Wildman–Crippen MR) is 135 cm³/mol. The topological polar surface area (TPSA) is 29.5 Å². The van der Waals surface area contributed by atoms with Crippen LogP contribution in [0.5, 0.6) is 0 Å². The molecular formula is C30H52O2. The fourth-order valence-electron chi connectivity index (χ4n) is 9.26. The van der Waals surface area contributed by atoms with E-state index >= 15 is 0 Å². The molecule has 0 bridgehead atoms. The van der Waals surface area contributed by atoms with Crippen molar-refractivity contribution >= 4 is 0 Å². The van der Waals surface area contributed by atoms with Gasteiger partial charge in [-0.1, -0.05) is 59.6 Å². The maximum atomic E-state index is 10.0. The zero-order valence-electron chi connectivity index (χ0n) is 22.4. The van der Waals surface area contributed by atoms with Crippen LogP contribution in [0.2, 0.25) is 0 Å². The SMILES string of the molecule is CC1(O)CCC2C(=CCCC2(C)C)C1.CCC12CCC3C(C)(C)CCCC3(C)C1COC2. The molecule has 5 aliphatic rings. The van der Waals surface area contributed by atoms with Gasteiger partial charge in [0.05, 0.1) is 18.8 Å². The van der Waals surface area contributed by atoms with Crippen molar-refractivity contribution in [3.8, 4) is 0 Å². The van der Waals surface area contributed by atoms with Crippen LogP contribution in [0, 0.1) is 39.4 Å². The zero-order chi connectivity index (χ0) is 23.4. The van der Waals surface area contributed by atoms with Crippen molar-refractivity contribution in [3.63, 3.8) is 0 Å². The van der Waals surface area contributed by atoms with Gasteiger partial charge in [-0.2, -0.15) is 0 Å². The summed E-state index contributed by atoms with van der Waals surface area (Å²) in [6.45, 7) is 18.8. The van der Waals surface area contributed by atoms with Gasteiger partial charge in [-0.15, -0.1) is 0 Å². The summed E-state index contributed by atoms with van der Waals surface area (Å²) < 4.78 is 5.97. The third kappa shape index (κ3) is 4.26. The Kier molecular flexibility index (Phi) is 6.50. The highest BCUT2D eigenvalue weighted by atomic mass is 16.5. The van der Waals surface area contributed by atoms with Crippen LogP contribution in [0.4, 0.5) is 0 Å². The normalized spacial score (nSPS) is 46.6. The molecule has 32 heavy (non-hydrogen) atoms. The number of hydrogen-bond donors (Lipinski definition) is 1. The van der Waals surface area contributed by atoms with E-state index in [1.165, 1.54) is 63.4 Å². The number of allylic oxidation sites excluding steroid dienone is 1. The summed E-state index contributed by atoms with van der Waals surface area (Å²) in [5, 5.41) is 10.0. The number of aliphatic hydroxyl groups is 1. The fourth-order valence-corrected chi connectivity index (χ4v) is 9.26. The molecule has 0 aromatic carbocycles. The maximum absolute atomic E-state index is 10.0. The molecule has 6 unspecified atom stereocenters. The second-order valence-corrected chi connectivity index (χ2v) is 14.3.